The van der Waals surface area contributed by atoms with Crippen LogP contribution in [-0.4, -0.2) is 41.7 Å². The highest BCUT2D eigenvalue weighted by Gasteiger charge is 2.27. The molecule has 1 aromatic rings. The minimum absolute atomic E-state index is 0.0107. The Morgan fingerprint density at radius 2 is 1.83 bits per heavy atom. The Bertz CT molecular complexity index is 522. The lowest BCUT2D eigenvalue weighted by Crippen LogP contribution is -2.34. The third kappa shape index (κ3) is 4.05. The minimum Gasteiger partial charge on any atom is -0.490 e. The van der Waals surface area contributed by atoms with Crippen LogP contribution in [0.15, 0.2) is 24.3 Å². The van der Waals surface area contributed by atoms with E-state index in [0.717, 1.165) is 37.9 Å². The summed E-state index contributed by atoms with van der Waals surface area (Å²) in [6.07, 6.45) is 7.77. The van der Waals surface area contributed by atoms with Crippen LogP contribution in [0.4, 0.5) is 0 Å². The molecule has 4 nitrogen and oxygen atoms in total. The lowest BCUT2D eigenvalue weighted by atomic mass is 10.1. The maximum absolute atomic E-state index is 12.5. The summed E-state index contributed by atoms with van der Waals surface area (Å²) in [5.41, 5.74) is 0.679. The third-order valence-electron chi connectivity index (χ3n) is 5.18. The molecule has 0 aliphatic heterocycles. The van der Waals surface area contributed by atoms with Crippen LogP contribution in [0.5, 0.6) is 5.75 Å². The second kappa shape index (κ2) is 7.35. The van der Waals surface area contributed by atoms with E-state index in [1.807, 2.05) is 31.3 Å². The quantitative estimate of drug-likeness (QED) is 0.907. The highest BCUT2D eigenvalue weighted by atomic mass is 16.5. The van der Waals surface area contributed by atoms with Crippen molar-refractivity contribution in [3.8, 4) is 5.75 Å². The Hall–Kier alpha value is -1.55. The van der Waals surface area contributed by atoms with E-state index < -0.39 is 0 Å². The standard InChI is InChI=1S/C19H27NO3/c1-20(13-15-5-4-8-18(15)21)19(22)14-9-11-17(12-10-14)23-16-6-2-3-7-16/h9-12,15-16,18,21H,2-8,13H2,1H3. The molecule has 1 amide bonds. The normalized spacial score (nSPS) is 24.8. The Morgan fingerprint density at radius 1 is 1.13 bits per heavy atom. The van der Waals surface area contributed by atoms with Gasteiger partial charge in [0.25, 0.3) is 5.91 Å². The second-order valence-electron chi connectivity index (χ2n) is 6.99. The van der Waals surface area contributed by atoms with Gasteiger partial charge in [-0.15, -0.1) is 0 Å². The zero-order valence-electron chi connectivity index (χ0n) is 13.9. The summed E-state index contributed by atoms with van der Waals surface area (Å²) in [6.45, 7) is 0.625. The predicted octanol–water partition coefficient (Wildman–Crippen LogP) is 3.24. The number of carbonyl (C=O) groups excluding carboxylic acids is 1. The fraction of sp³-hybridized carbons (Fsp3) is 0.632. The first-order valence-corrected chi connectivity index (χ1v) is 8.84. The van der Waals surface area contributed by atoms with Crippen LogP contribution in [0.3, 0.4) is 0 Å². The van der Waals surface area contributed by atoms with Gasteiger partial charge >= 0.3 is 0 Å². The highest BCUT2D eigenvalue weighted by molar-refractivity contribution is 5.94. The van der Waals surface area contributed by atoms with Crippen LogP contribution in [0.1, 0.15) is 55.3 Å². The van der Waals surface area contributed by atoms with Crippen LogP contribution in [0, 0.1) is 5.92 Å². The molecular weight excluding hydrogens is 290 g/mol. The maximum atomic E-state index is 12.5. The van der Waals surface area contributed by atoms with Crippen molar-refractivity contribution in [2.75, 3.05) is 13.6 Å². The maximum Gasteiger partial charge on any atom is 0.253 e. The first-order chi connectivity index (χ1) is 11.1. The van der Waals surface area contributed by atoms with Crippen LogP contribution in [0.2, 0.25) is 0 Å². The molecule has 0 heterocycles. The van der Waals surface area contributed by atoms with Gasteiger partial charge in [0.05, 0.1) is 12.2 Å². The van der Waals surface area contributed by atoms with E-state index in [1.54, 1.807) is 4.90 Å². The van der Waals surface area contributed by atoms with Crippen molar-refractivity contribution in [1.29, 1.82) is 0 Å². The Morgan fingerprint density at radius 3 is 2.43 bits per heavy atom. The van der Waals surface area contributed by atoms with Gasteiger partial charge < -0.3 is 14.7 Å². The van der Waals surface area contributed by atoms with E-state index in [1.165, 1.54) is 12.8 Å². The molecule has 0 aromatic heterocycles. The summed E-state index contributed by atoms with van der Waals surface area (Å²) < 4.78 is 5.93. The monoisotopic (exact) mass is 317 g/mol. The summed E-state index contributed by atoms with van der Waals surface area (Å²) in [7, 11) is 1.82. The lowest BCUT2D eigenvalue weighted by Gasteiger charge is -2.23. The van der Waals surface area contributed by atoms with Gasteiger partial charge in [0, 0.05) is 25.1 Å². The number of aliphatic hydroxyl groups is 1. The fourth-order valence-corrected chi connectivity index (χ4v) is 3.76. The number of amides is 1. The topological polar surface area (TPSA) is 49.8 Å². The Kier molecular flexibility index (Phi) is 5.21. The predicted molar refractivity (Wildman–Crippen MR) is 89.6 cm³/mol. The number of ether oxygens (including phenoxy) is 1. The fourth-order valence-electron chi connectivity index (χ4n) is 3.76. The number of carbonyl (C=O) groups is 1. The Balaban J connectivity index is 1.56. The molecule has 1 aromatic carbocycles. The molecule has 23 heavy (non-hydrogen) atoms. The molecule has 2 unspecified atom stereocenters. The molecule has 0 bridgehead atoms. The van der Waals surface area contributed by atoms with Crippen molar-refractivity contribution in [3.05, 3.63) is 29.8 Å². The average molecular weight is 317 g/mol. The van der Waals surface area contributed by atoms with E-state index in [2.05, 4.69) is 0 Å². The van der Waals surface area contributed by atoms with E-state index in [0.29, 0.717) is 18.2 Å². The van der Waals surface area contributed by atoms with E-state index in [-0.39, 0.29) is 17.9 Å². The summed E-state index contributed by atoms with van der Waals surface area (Å²) in [5.74, 6) is 1.08. The number of nitrogens with zero attached hydrogens (tertiary/aromatic N) is 1. The van der Waals surface area contributed by atoms with Crippen LogP contribution < -0.4 is 4.74 Å². The highest BCUT2D eigenvalue weighted by Crippen LogP contribution is 2.27. The first kappa shape index (κ1) is 16.3. The molecule has 0 spiro atoms. The van der Waals surface area contributed by atoms with Crippen molar-refractivity contribution < 1.29 is 14.6 Å². The van der Waals surface area contributed by atoms with E-state index in [9.17, 15) is 9.90 Å². The number of hydrogen-bond acceptors (Lipinski definition) is 3. The van der Waals surface area contributed by atoms with Gasteiger partial charge in [-0.1, -0.05) is 6.42 Å². The third-order valence-corrected chi connectivity index (χ3v) is 5.18. The molecule has 2 fully saturated rings. The molecule has 3 rings (SSSR count). The number of rotatable bonds is 5. The summed E-state index contributed by atoms with van der Waals surface area (Å²) in [4.78, 5) is 14.2. The second-order valence-corrected chi connectivity index (χ2v) is 6.99. The molecular formula is C19H27NO3. The zero-order valence-corrected chi connectivity index (χ0v) is 13.9. The summed E-state index contributed by atoms with van der Waals surface area (Å²) >= 11 is 0. The van der Waals surface area contributed by atoms with Crippen LogP contribution in [0.25, 0.3) is 0 Å². The molecule has 2 aliphatic rings. The summed E-state index contributed by atoms with van der Waals surface area (Å²) in [6, 6.07) is 7.47. The lowest BCUT2D eigenvalue weighted by molar-refractivity contribution is 0.0693. The Labute approximate surface area is 138 Å². The number of hydrogen-bond donors (Lipinski definition) is 1. The number of benzene rings is 1. The molecule has 1 N–H and O–H groups in total. The van der Waals surface area contributed by atoms with Crippen molar-refractivity contribution in [2.24, 2.45) is 5.92 Å². The van der Waals surface area contributed by atoms with E-state index >= 15 is 0 Å². The van der Waals surface area contributed by atoms with Crippen molar-refractivity contribution in [1.82, 2.24) is 4.90 Å². The molecule has 2 saturated carbocycles. The molecule has 0 saturated heterocycles. The van der Waals surface area contributed by atoms with Crippen molar-refractivity contribution in [2.45, 2.75) is 57.2 Å². The SMILES string of the molecule is CN(CC1CCCC1O)C(=O)c1ccc(OC2CCCC2)cc1. The largest absolute Gasteiger partial charge is 0.490 e. The van der Waals surface area contributed by atoms with Gasteiger partial charge in [-0.3, -0.25) is 4.79 Å². The van der Waals surface area contributed by atoms with E-state index in [4.69, 9.17) is 4.74 Å². The number of aliphatic hydroxyl groups excluding tert-OH is 1. The molecule has 2 aliphatic carbocycles. The van der Waals surface area contributed by atoms with Gasteiger partial charge in [-0.25, -0.2) is 0 Å². The van der Waals surface area contributed by atoms with Gasteiger partial charge in [0.1, 0.15) is 5.75 Å². The molecule has 4 heteroatoms. The van der Waals surface area contributed by atoms with Crippen molar-refractivity contribution in [3.63, 3.8) is 0 Å². The van der Waals surface area contributed by atoms with Gasteiger partial charge in [-0.05, 0) is 62.8 Å². The van der Waals surface area contributed by atoms with Crippen LogP contribution in [-0.2, 0) is 0 Å². The zero-order chi connectivity index (χ0) is 16.2. The average Bonchev–Trinajstić information content (AvgIpc) is 3.20. The van der Waals surface area contributed by atoms with Crippen molar-refractivity contribution >= 4 is 5.91 Å². The summed E-state index contributed by atoms with van der Waals surface area (Å²) in [5, 5.41) is 9.91. The molecule has 0 radical (unpaired) electrons. The molecule has 126 valence electrons. The van der Waals surface area contributed by atoms with Gasteiger partial charge in [0.2, 0.25) is 0 Å². The first-order valence-electron chi connectivity index (χ1n) is 8.84. The van der Waals surface area contributed by atoms with Crippen LogP contribution >= 0.6 is 0 Å². The van der Waals surface area contributed by atoms with Gasteiger partial charge in [0.15, 0.2) is 0 Å². The minimum atomic E-state index is -0.257. The van der Waals surface area contributed by atoms with Gasteiger partial charge in [-0.2, -0.15) is 0 Å². The molecule has 2 atom stereocenters. The smallest absolute Gasteiger partial charge is 0.253 e.